The standard InChI is InChI=1S/C13H26N2O3/c1-17-9-10-18-8-3-2-6-14-12-5-4-7-15-13(16)11-12/h12,14H,2-11H2,1H3,(H,15,16). The van der Waals surface area contributed by atoms with Crippen molar-refractivity contribution in [2.24, 2.45) is 0 Å². The minimum Gasteiger partial charge on any atom is -0.382 e. The lowest BCUT2D eigenvalue weighted by atomic mass is 10.1. The van der Waals surface area contributed by atoms with E-state index in [9.17, 15) is 4.79 Å². The number of carbonyl (C=O) groups excluding carboxylic acids is 1. The van der Waals surface area contributed by atoms with Crippen LogP contribution in [0.1, 0.15) is 32.1 Å². The van der Waals surface area contributed by atoms with Gasteiger partial charge in [-0.2, -0.15) is 0 Å². The normalized spacial score (nSPS) is 20.5. The summed E-state index contributed by atoms with van der Waals surface area (Å²) in [7, 11) is 1.68. The Hall–Kier alpha value is -0.650. The van der Waals surface area contributed by atoms with Crippen LogP contribution in [0.15, 0.2) is 0 Å². The van der Waals surface area contributed by atoms with Gasteiger partial charge in [-0.15, -0.1) is 0 Å². The van der Waals surface area contributed by atoms with Crippen molar-refractivity contribution in [3.63, 3.8) is 0 Å². The van der Waals surface area contributed by atoms with Gasteiger partial charge in [0.25, 0.3) is 0 Å². The first-order chi connectivity index (χ1) is 8.83. The molecule has 1 heterocycles. The highest BCUT2D eigenvalue weighted by Crippen LogP contribution is 2.05. The predicted molar refractivity (Wildman–Crippen MR) is 70.6 cm³/mol. The summed E-state index contributed by atoms with van der Waals surface area (Å²) in [6.45, 7) is 3.91. The maximum Gasteiger partial charge on any atom is 0.221 e. The van der Waals surface area contributed by atoms with Crippen molar-refractivity contribution < 1.29 is 14.3 Å². The molecular formula is C13H26N2O3. The zero-order valence-corrected chi connectivity index (χ0v) is 11.4. The quantitative estimate of drug-likeness (QED) is 0.597. The van der Waals surface area contributed by atoms with Gasteiger partial charge in [0.15, 0.2) is 0 Å². The van der Waals surface area contributed by atoms with Crippen LogP contribution >= 0.6 is 0 Å². The van der Waals surface area contributed by atoms with Crippen molar-refractivity contribution in [1.82, 2.24) is 10.6 Å². The van der Waals surface area contributed by atoms with Gasteiger partial charge in [0.1, 0.15) is 0 Å². The van der Waals surface area contributed by atoms with E-state index in [4.69, 9.17) is 9.47 Å². The zero-order chi connectivity index (χ0) is 13.1. The Morgan fingerprint density at radius 2 is 2.22 bits per heavy atom. The fourth-order valence-corrected chi connectivity index (χ4v) is 2.03. The molecule has 1 aliphatic rings. The SMILES string of the molecule is COCCOCCCCNC1CCCNC(=O)C1. The van der Waals surface area contributed by atoms with Crippen LogP contribution in [0, 0.1) is 0 Å². The summed E-state index contributed by atoms with van der Waals surface area (Å²) in [4.78, 5) is 11.3. The van der Waals surface area contributed by atoms with E-state index in [2.05, 4.69) is 10.6 Å². The zero-order valence-electron chi connectivity index (χ0n) is 11.4. The van der Waals surface area contributed by atoms with E-state index < -0.39 is 0 Å². The molecule has 0 aromatic rings. The first kappa shape index (κ1) is 15.4. The summed E-state index contributed by atoms with van der Waals surface area (Å²) in [5, 5.41) is 6.35. The third-order valence-electron chi connectivity index (χ3n) is 3.06. The van der Waals surface area contributed by atoms with E-state index in [1.165, 1.54) is 0 Å². The van der Waals surface area contributed by atoms with Gasteiger partial charge in [-0.3, -0.25) is 4.79 Å². The summed E-state index contributed by atoms with van der Waals surface area (Å²) in [6.07, 6.45) is 4.91. The first-order valence-electron chi connectivity index (χ1n) is 6.89. The van der Waals surface area contributed by atoms with Gasteiger partial charge >= 0.3 is 0 Å². The molecule has 106 valence electrons. The van der Waals surface area contributed by atoms with Crippen LogP contribution in [0.25, 0.3) is 0 Å². The van der Waals surface area contributed by atoms with Crippen LogP contribution in [-0.2, 0) is 14.3 Å². The molecule has 0 aromatic heterocycles. The molecular weight excluding hydrogens is 232 g/mol. The molecule has 1 atom stereocenters. The second-order valence-corrected chi connectivity index (χ2v) is 4.66. The number of carbonyl (C=O) groups is 1. The molecule has 2 N–H and O–H groups in total. The van der Waals surface area contributed by atoms with E-state index in [1.54, 1.807) is 7.11 Å². The molecule has 18 heavy (non-hydrogen) atoms. The number of rotatable bonds is 9. The van der Waals surface area contributed by atoms with Crippen LogP contribution in [0.4, 0.5) is 0 Å². The number of hydrogen-bond donors (Lipinski definition) is 2. The van der Waals surface area contributed by atoms with Crippen molar-refractivity contribution in [3.8, 4) is 0 Å². The Bertz CT molecular complexity index is 224. The fraction of sp³-hybridized carbons (Fsp3) is 0.923. The molecule has 1 amide bonds. The third kappa shape index (κ3) is 7.63. The van der Waals surface area contributed by atoms with Crippen molar-refractivity contribution in [2.75, 3.05) is 40.0 Å². The summed E-state index contributed by atoms with van der Waals surface area (Å²) in [6, 6.07) is 0.349. The second-order valence-electron chi connectivity index (χ2n) is 4.66. The lowest BCUT2D eigenvalue weighted by molar-refractivity contribution is -0.121. The Morgan fingerprint density at radius 3 is 3.06 bits per heavy atom. The van der Waals surface area contributed by atoms with Crippen LogP contribution in [0.2, 0.25) is 0 Å². The van der Waals surface area contributed by atoms with Crippen molar-refractivity contribution in [1.29, 1.82) is 0 Å². The molecule has 1 aliphatic heterocycles. The lowest BCUT2D eigenvalue weighted by Gasteiger charge is -2.14. The maximum absolute atomic E-state index is 11.3. The van der Waals surface area contributed by atoms with E-state index in [0.717, 1.165) is 45.4 Å². The van der Waals surface area contributed by atoms with Gasteiger partial charge in [-0.1, -0.05) is 0 Å². The van der Waals surface area contributed by atoms with E-state index >= 15 is 0 Å². The molecule has 0 radical (unpaired) electrons. The number of hydrogen-bond acceptors (Lipinski definition) is 4. The molecule has 1 rings (SSSR count). The number of ether oxygens (including phenoxy) is 2. The smallest absolute Gasteiger partial charge is 0.221 e. The van der Waals surface area contributed by atoms with Gasteiger partial charge < -0.3 is 20.1 Å². The summed E-state index contributed by atoms with van der Waals surface area (Å²) < 4.78 is 10.3. The average molecular weight is 258 g/mol. The Kier molecular flexibility index (Phi) is 8.81. The largest absolute Gasteiger partial charge is 0.382 e. The minimum absolute atomic E-state index is 0.174. The third-order valence-corrected chi connectivity index (χ3v) is 3.06. The molecule has 0 aromatic carbocycles. The molecule has 1 fully saturated rings. The van der Waals surface area contributed by atoms with Gasteiger partial charge in [0.2, 0.25) is 5.91 Å². The predicted octanol–water partition coefficient (Wildman–Crippen LogP) is 0.688. The highest BCUT2D eigenvalue weighted by molar-refractivity contribution is 5.76. The lowest BCUT2D eigenvalue weighted by Crippen LogP contribution is -2.33. The van der Waals surface area contributed by atoms with E-state index in [0.29, 0.717) is 25.7 Å². The van der Waals surface area contributed by atoms with Crippen molar-refractivity contribution in [3.05, 3.63) is 0 Å². The molecule has 0 spiro atoms. The number of unbranched alkanes of at least 4 members (excludes halogenated alkanes) is 1. The van der Waals surface area contributed by atoms with Gasteiger partial charge in [0.05, 0.1) is 13.2 Å². The summed E-state index contributed by atoms with van der Waals surface area (Å²) in [5.41, 5.74) is 0. The van der Waals surface area contributed by atoms with Crippen LogP contribution in [-0.4, -0.2) is 52.0 Å². The summed E-state index contributed by atoms with van der Waals surface area (Å²) in [5.74, 6) is 0.174. The van der Waals surface area contributed by atoms with Crippen molar-refractivity contribution >= 4 is 5.91 Å². The topological polar surface area (TPSA) is 59.6 Å². The molecule has 5 nitrogen and oxygen atoms in total. The van der Waals surface area contributed by atoms with Gasteiger partial charge in [0, 0.05) is 32.7 Å². The fourth-order valence-electron chi connectivity index (χ4n) is 2.03. The molecule has 0 bridgehead atoms. The maximum atomic E-state index is 11.3. The second kappa shape index (κ2) is 10.3. The number of amides is 1. The number of nitrogens with one attached hydrogen (secondary N) is 2. The van der Waals surface area contributed by atoms with Crippen LogP contribution < -0.4 is 10.6 Å². The number of methoxy groups -OCH3 is 1. The Labute approximate surface area is 110 Å². The van der Waals surface area contributed by atoms with Gasteiger partial charge in [-0.25, -0.2) is 0 Å². The molecule has 0 aliphatic carbocycles. The monoisotopic (exact) mass is 258 g/mol. The molecule has 0 saturated carbocycles. The highest BCUT2D eigenvalue weighted by Gasteiger charge is 2.15. The summed E-state index contributed by atoms with van der Waals surface area (Å²) >= 11 is 0. The van der Waals surface area contributed by atoms with E-state index in [1.807, 2.05) is 0 Å². The van der Waals surface area contributed by atoms with Gasteiger partial charge in [-0.05, 0) is 32.2 Å². The van der Waals surface area contributed by atoms with Crippen molar-refractivity contribution in [2.45, 2.75) is 38.1 Å². The Morgan fingerprint density at radius 1 is 1.33 bits per heavy atom. The van der Waals surface area contributed by atoms with Crippen LogP contribution in [0.5, 0.6) is 0 Å². The first-order valence-corrected chi connectivity index (χ1v) is 6.89. The highest BCUT2D eigenvalue weighted by atomic mass is 16.5. The van der Waals surface area contributed by atoms with Crippen LogP contribution in [0.3, 0.4) is 0 Å². The Balaban J connectivity index is 1.92. The molecule has 1 unspecified atom stereocenters. The molecule has 1 saturated heterocycles. The average Bonchev–Trinajstić information content (AvgIpc) is 2.57. The molecule has 5 heteroatoms. The van der Waals surface area contributed by atoms with E-state index in [-0.39, 0.29) is 5.91 Å². The minimum atomic E-state index is 0.174.